The lowest BCUT2D eigenvalue weighted by Crippen LogP contribution is -2.45. The molecule has 172 valence electrons. The van der Waals surface area contributed by atoms with Crippen molar-refractivity contribution in [3.8, 4) is 16.3 Å². The van der Waals surface area contributed by atoms with Crippen molar-refractivity contribution in [1.29, 1.82) is 0 Å². The molecule has 1 atom stereocenters. The summed E-state index contributed by atoms with van der Waals surface area (Å²) < 4.78 is 6.11. The van der Waals surface area contributed by atoms with Gasteiger partial charge in [-0.15, -0.1) is 10.2 Å². The van der Waals surface area contributed by atoms with Crippen LogP contribution in [0.5, 0.6) is 5.75 Å². The van der Waals surface area contributed by atoms with Gasteiger partial charge in [0.25, 0.3) is 5.91 Å². The number of amides is 2. The molecule has 34 heavy (non-hydrogen) atoms. The van der Waals surface area contributed by atoms with Gasteiger partial charge in [0.2, 0.25) is 11.0 Å². The van der Waals surface area contributed by atoms with Crippen molar-refractivity contribution in [3.63, 3.8) is 0 Å². The van der Waals surface area contributed by atoms with E-state index in [2.05, 4.69) is 36.8 Å². The highest BCUT2D eigenvalue weighted by molar-refractivity contribution is 9.10. The van der Waals surface area contributed by atoms with E-state index in [1.807, 2.05) is 54.6 Å². The van der Waals surface area contributed by atoms with Crippen LogP contribution < -0.4 is 15.4 Å². The number of ether oxygens (including phenoxy) is 1. The van der Waals surface area contributed by atoms with Crippen LogP contribution in [-0.2, 0) is 11.2 Å². The normalized spacial score (nSPS) is 11.5. The highest BCUT2D eigenvalue weighted by Gasteiger charge is 2.23. The van der Waals surface area contributed by atoms with E-state index in [9.17, 15) is 9.59 Å². The molecule has 0 saturated carbocycles. The number of methoxy groups -OCH3 is 1. The minimum Gasteiger partial charge on any atom is -0.497 e. The predicted molar refractivity (Wildman–Crippen MR) is 136 cm³/mol. The van der Waals surface area contributed by atoms with Gasteiger partial charge in [-0.05, 0) is 42.0 Å². The van der Waals surface area contributed by atoms with Gasteiger partial charge in [-0.1, -0.05) is 69.7 Å². The van der Waals surface area contributed by atoms with Gasteiger partial charge in [0.1, 0.15) is 16.8 Å². The molecule has 1 heterocycles. The van der Waals surface area contributed by atoms with Crippen molar-refractivity contribution in [2.75, 3.05) is 12.4 Å². The van der Waals surface area contributed by atoms with Gasteiger partial charge < -0.3 is 10.1 Å². The number of hydrogen-bond donors (Lipinski definition) is 2. The summed E-state index contributed by atoms with van der Waals surface area (Å²) >= 11 is 4.68. The summed E-state index contributed by atoms with van der Waals surface area (Å²) in [5.41, 5.74) is 2.25. The Labute approximate surface area is 209 Å². The van der Waals surface area contributed by atoms with Crippen molar-refractivity contribution < 1.29 is 14.3 Å². The molecule has 7 nitrogen and oxygen atoms in total. The molecule has 4 aromatic rings. The van der Waals surface area contributed by atoms with Gasteiger partial charge in [-0.2, -0.15) is 0 Å². The molecule has 0 aliphatic rings. The van der Waals surface area contributed by atoms with E-state index in [4.69, 9.17) is 4.74 Å². The van der Waals surface area contributed by atoms with Crippen molar-refractivity contribution in [2.24, 2.45) is 0 Å². The number of halogens is 1. The lowest BCUT2D eigenvalue weighted by Gasteiger charge is -2.18. The number of benzene rings is 3. The van der Waals surface area contributed by atoms with Crippen LogP contribution in [0, 0.1) is 0 Å². The van der Waals surface area contributed by atoms with E-state index in [0.717, 1.165) is 15.6 Å². The second-order valence-corrected chi connectivity index (χ2v) is 9.25. The summed E-state index contributed by atoms with van der Waals surface area (Å²) in [7, 11) is 1.56. The van der Waals surface area contributed by atoms with Crippen molar-refractivity contribution >= 4 is 44.2 Å². The van der Waals surface area contributed by atoms with Crippen LogP contribution in [-0.4, -0.2) is 35.2 Å². The Morgan fingerprint density at radius 3 is 2.35 bits per heavy atom. The number of nitrogens with one attached hydrogen (secondary N) is 2. The Hall–Kier alpha value is -3.56. The molecular formula is C25H21BrN4O3S. The van der Waals surface area contributed by atoms with E-state index < -0.39 is 6.04 Å². The predicted octanol–water partition coefficient (Wildman–Crippen LogP) is 4.96. The quantitative estimate of drug-likeness (QED) is 0.332. The van der Waals surface area contributed by atoms with Gasteiger partial charge in [-0.25, -0.2) is 0 Å². The second kappa shape index (κ2) is 11.0. The summed E-state index contributed by atoms with van der Waals surface area (Å²) in [6, 6.07) is 23.1. The minimum absolute atomic E-state index is 0.326. The van der Waals surface area contributed by atoms with Gasteiger partial charge >= 0.3 is 0 Å². The lowest BCUT2D eigenvalue weighted by atomic mass is 10.0. The third kappa shape index (κ3) is 6.06. The lowest BCUT2D eigenvalue weighted by molar-refractivity contribution is -0.118. The van der Waals surface area contributed by atoms with Crippen LogP contribution in [0.15, 0.2) is 83.3 Å². The molecule has 0 fully saturated rings. The molecule has 4 rings (SSSR count). The highest BCUT2D eigenvalue weighted by atomic mass is 79.9. The van der Waals surface area contributed by atoms with Crippen LogP contribution >= 0.6 is 27.3 Å². The van der Waals surface area contributed by atoms with E-state index >= 15 is 0 Å². The number of nitrogens with zero attached hydrogens (tertiary/aromatic N) is 2. The smallest absolute Gasteiger partial charge is 0.251 e. The Bertz CT molecular complexity index is 1260. The zero-order chi connectivity index (χ0) is 23.9. The Balaban J connectivity index is 1.50. The SMILES string of the molecule is COc1ccc(C(=O)NC(Cc2ccccc2)C(=O)Nc2nnc(-c3ccc(Br)cc3)s2)cc1. The number of anilines is 1. The standard InChI is InChI=1S/C25H21BrN4O3S/c1-33-20-13-9-17(10-14-20)22(31)27-21(15-16-5-3-2-4-6-16)23(32)28-25-30-29-24(34-25)18-7-11-19(26)12-8-18/h2-14,21H,15H2,1H3,(H,27,31)(H,28,30,32). The summed E-state index contributed by atoms with van der Waals surface area (Å²) in [6.07, 6.45) is 0.326. The fourth-order valence-electron chi connectivity index (χ4n) is 3.22. The summed E-state index contributed by atoms with van der Waals surface area (Å²) in [4.78, 5) is 26.0. The van der Waals surface area contributed by atoms with E-state index in [0.29, 0.717) is 27.9 Å². The Morgan fingerprint density at radius 2 is 1.68 bits per heavy atom. The third-order valence-corrected chi connectivity index (χ3v) is 6.42. The molecule has 0 aliphatic heterocycles. The average Bonchev–Trinajstić information content (AvgIpc) is 3.33. The van der Waals surface area contributed by atoms with Crippen molar-refractivity contribution in [2.45, 2.75) is 12.5 Å². The van der Waals surface area contributed by atoms with Crippen LogP contribution in [0.25, 0.3) is 10.6 Å². The molecule has 3 aromatic carbocycles. The maximum absolute atomic E-state index is 13.2. The average molecular weight is 537 g/mol. The molecule has 0 bridgehead atoms. The number of hydrogen-bond acceptors (Lipinski definition) is 6. The zero-order valence-electron chi connectivity index (χ0n) is 18.2. The molecule has 0 saturated heterocycles. The molecule has 9 heteroatoms. The second-order valence-electron chi connectivity index (χ2n) is 7.35. The molecule has 1 unspecified atom stereocenters. The Kier molecular flexibility index (Phi) is 7.66. The fraction of sp³-hybridized carbons (Fsp3) is 0.120. The van der Waals surface area contributed by atoms with Crippen LogP contribution in [0.4, 0.5) is 5.13 Å². The first kappa shape index (κ1) is 23.6. The monoisotopic (exact) mass is 536 g/mol. The summed E-state index contributed by atoms with van der Waals surface area (Å²) in [5.74, 6) is -0.0799. The fourth-order valence-corrected chi connectivity index (χ4v) is 4.23. The number of carbonyl (C=O) groups excluding carboxylic acids is 2. The molecular weight excluding hydrogens is 516 g/mol. The molecule has 2 amide bonds. The first-order valence-corrected chi connectivity index (χ1v) is 12.0. The topological polar surface area (TPSA) is 93.2 Å². The number of rotatable bonds is 8. The van der Waals surface area contributed by atoms with E-state index in [1.165, 1.54) is 11.3 Å². The third-order valence-electron chi connectivity index (χ3n) is 5.00. The van der Waals surface area contributed by atoms with Crippen LogP contribution in [0.1, 0.15) is 15.9 Å². The molecule has 0 aliphatic carbocycles. The highest BCUT2D eigenvalue weighted by Crippen LogP contribution is 2.27. The van der Waals surface area contributed by atoms with Crippen molar-refractivity contribution in [3.05, 3.63) is 94.5 Å². The zero-order valence-corrected chi connectivity index (χ0v) is 20.6. The first-order chi connectivity index (χ1) is 16.5. The molecule has 0 radical (unpaired) electrons. The maximum Gasteiger partial charge on any atom is 0.251 e. The molecule has 0 spiro atoms. The summed E-state index contributed by atoms with van der Waals surface area (Å²) in [5, 5.41) is 15.0. The summed E-state index contributed by atoms with van der Waals surface area (Å²) in [6.45, 7) is 0. The van der Waals surface area contributed by atoms with Gasteiger partial charge in [0.05, 0.1) is 7.11 Å². The minimum atomic E-state index is -0.808. The van der Waals surface area contributed by atoms with Crippen LogP contribution in [0.2, 0.25) is 0 Å². The van der Waals surface area contributed by atoms with Gasteiger partial charge in [0, 0.05) is 22.0 Å². The Morgan fingerprint density at radius 1 is 0.971 bits per heavy atom. The maximum atomic E-state index is 13.2. The van der Waals surface area contributed by atoms with E-state index in [-0.39, 0.29) is 11.8 Å². The number of carbonyl (C=O) groups is 2. The van der Waals surface area contributed by atoms with Gasteiger partial charge in [-0.3, -0.25) is 14.9 Å². The van der Waals surface area contributed by atoms with Gasteiger partial charge in [0.15, 0.2) is 0 Å². The van der Waals surface area contributed by atoms with Crippen molar-refractivity contribution in [1.82, 2.24) is 15.5 Å². The number of aromatic nitrogens is 2. The molecule has 1 aromatic heterocycles. The van der Waals surface area contributed by atoms with Crippen LogP contribution in [0.3, 0.4) is 0 Å². The molecule has 2 N–H and O–H groups in total. The largest absolute Gasteiger partial charge is 0.497 e. The first-order valence-electron chi connectivity index (χ1n) is 10.4. The van der Waals surface area contributed by atoms with E-state index in [1.54, 1.807) is 31.4 Å².